The minimum atomic E-state index is 1.24. The maximum Gasteiger partial charge on any atom is 0.0636 e. The van der Waals surface area contributed by atoms with Crippen LogP contribution in [0.2, 0.25) is 0 Å². The summed E-state index contributed by atoms with van der Waals surface area (Å²) in [5.74, 6) is 0. The maximum atomic E-state index is 2.52. The normalized spacial score (nSPS) is 12.0. The summed E-state index contributed by atoms with van der Waals surface area (Å²) in [6, 6.07) is 10.0. The van der Waals surface area contributed by atoms with Crippen LogP contribution in [0.25, 0.3) is 38.3 Å². The van der Waals surface area contributed by atoms with Gasteiger partial charge in [0.2, 0.25) is 0 Å². The first kappa shape index (κ1) is 41.2. The second-order valence-corrected chi connectivity index (χ2v) is 21.1. The maximum absolute atomic E-state index is 2.52. The van der Waals surface area contributed by atoms with Crippen LogP contribution in [0.15, 0.2) is 24.3 Å². The third-order valence-corrected chi connectivity index (χ3v) is 17.1. The molecule has 0 aliphatic heterocycles. The van der Waals surface area contributed by atoms with Crippen LogP contribution in [0.4, 0.5) is 0 Å². The number of fused-ring (bicyclic) bond motifs is 3. The highest BCUT2D eigenvalue weighted by atomic mass is 32.1. The Morgan fingerprint density at radius 3 is 1.00 bits per heavy atom. The largest absolute Gasteiger partial charge is 0.139 e. The highest BCUT2D eigenvalue weighted by molar-refractivity contribution is 7.41. The average Bonchev–Trinajstić information content (AvgIpc) is 3.93. The second kappa shape index (κ2) is 23.1. The summed E-state index contributed by atoms with van der Waals surface area (Å²) >= 11 is 10.2. The lowest BCUT2D eigenvalue weighted by atomic mass is 10.0. The zero-order valence-electron chi connectivity index (χ0n) is 32.7. The molecule has 5 rings (SSSR count). The van der Waals surface area contributed by atoms with Crippen molar-refractivity contribution in [3.8, 4) is 19.5 Å². The molecule has 0 nitrogen and oxygen atoms in total. The highest BCUT2D eigenvalue weighted by Crippen LogP contribution is 2.50. The smallest absolute Gasteiger partial charge is 0.0636 e. The lowest BCUT2D eigenvalue weighted by Crippen LogP contribution is -1.86. The molecular weight excluding hydrogens is 713 g/mol. The van der Waals surface area contributed by atoms with Crippen molar-refractivity contribution in [1.82, 2.24) is 0 Å². The molecule has 0 N–H and O–H groups in total. The van der Waals surface area contributed by atoms with E-state index in [-0.39, 0.29) is 0 Å². The molecule has 0 saturated heterocycles. The van der Waals surface area contributed by atoms with Gasteiger partial charge in [-0.3, -0.25) is 0 Å². The molecule has 0 fully saturated rings. The molecule has 51 heavy (non-hydrogen) atoms. The molecule has 0 unspecified atom stereocenters. The molecule has 5 aromatic heterocycles. The fraction of sp³-hybridized carbons (Fsp3) is 0.652. The summed E-state index contributed by atoms with van der Waals surface area (Å²) in [6.45, 7) is 9.22. The van der Waals surface area contributed by atoms with Gasteiger partial charge in [-0.05, 0) is 74.9 Å². The van der Waals surface area contributed by atoms with Crippen molar-refractivity contribution in [3.63, 3.8) is 0 Å². The van der Waals surface area contributed by atoms with Gasteiger partial charge in [-0.2, -0.15) is 0 Å². The molecule has 0 amide bonds. The predicted molar refractivity (Wildman–Crippen MR) is 241 cm³/mol. The zero-order chi connectivity index (χ0) is 35.7. The van der Waals surface area contributed by atoms with E-state index in [4.69, 9.17) is 0 Å². The van der Waals surface area contributed by atoms with Crippen molar-refractivity contribution < 1.29 is 0 Å². The standard InChI is InChI=1S/C46H68S5/c1-5-7-9-11-13-15-17-19-21-23-25-27-29-37-31-35(3)47-43(37)39-33-41-45(50-39)46-42(49-41)34-40(51-46)44-38(32-36(4)48-44)30-28-26-24-22-20-18-16-14-12-10-8-6-2/h31-34H,5-30H2,1-4H3. The van der Waals surface area contributed by atoms with Crippen LogP contribution in [-0.4, -0.2) is 0 Å². The first-order valence-corrected chi connectivity index (χ1v) is 25.3. The lowest BCUT2D eigenvalue weighted by molar-refractivity contribution is 0.544. The van der Waals surface area contributed by atoms with Gasteiger partial charge in [0.1, 0.15) is 0 Å². The fourth-order valence-electron chi connectivity index (χ4n) is 7.79. The van der Waals surface area contributed by atoms with Crippen molar-refractivity contribution in [2.24, 2.45) is 0 Å². The fourth-order valence-corrected chi connectivity index (χ4v) is 14.2. The molecule has 0 bridgehead atoms. The summed E-state index contributed by atoms with van der Waals surface area (Å²) in [7, 11) is 0. The number of aryl methyl sites for hydroxylation is 4. The predicted octanol–water partition coefficient (Wildman–Crippen LogP) is 18.7. The molecule has 0 spiro atoms. The molecular formula is C46H68S5. The Bertz CT molecular complexity index is 1550. The van der Waals surface area contributed by atoms with E-state index in [0.717, 1.165) is 0 Å². The van der Waals surface area contributed by atoms with Crippen LogP contribution in [0.1, 0.15) is 189 Å². The van der Waals surface area contributed by atoms with Crippen LogP contribution in [0.3, 0.4) is 0 Å². The number of thiophene rings is 5. The average molecular weight is 781 g/mol. The van der Waals surface area contributed by atoms with Crippen LogP contribution in [0, 0.1) is 13.8 Å². The Morgan fingerprint density at radius 2 is 0.667 bits per heavy atom. The molecule has 282 valence electrons. The van der Waals surface area contributed by atoms with Crippen LogP contribution in [0.5, 0.6) is 0 Å². The van der Waals surface area contributed by atoms with Crippen LogP contribution >= 0.6 is 56.7 Å². The monoisotopic (exact) mass is 780 g/mol. The van der Waals surface area contributed by atoms with E-state index < -0.39 is 0 Å². The van der Waals surface area contributed by atoms with Crippen LogP contribution < -0.4 is 0 Å². The third kappa shape index (κ3) is 13.1. The minimum absolute atomic E-state index is 1.24. The lowest BCUT2D eigenvalue weighted by Gasteiger charge is -2.04. The van der Waals surface area contributed by atoms with Gasteiger partial charge in [-0.25, -0.2) is 0 Å². The van der Waals surface area contributed by atoms with Crippen molar-refractivity contribution >= 4 is 75.5 Å². The van der Waals surface area contributed by atoms with Crippen molar-refractivity contribution in [2.45, 2.75) is 195 Å². The Labute approximate surface area is 332 Å². The van der Waals surface area contributed by atoms with Gasteiger partial charge < -0.3 is 0 Å². The van der Waals surface area contributed by atoms with Crippen molar-refractivity contribution in [1.29, 1.82) is 0 Å². The quantitative estimate of drug-likeness (QED) is 0.0444. The Kier molecular flexibility index (Phi) is 18.6. The van der Waals surface area contributed by atoms with Crippen LogP contribution in [-0.2, 0) is 12.8 Å². The number of hydrogen-bond donors (Lipinski definition) is 0. The van der Waals surface area contributed by atoms with Crippen molar-refractivity contribution in [2.75, 3.05) is 0 Å². The molecule has 0 radical (unpaired) electrons. The molecule has 0 aliphatic rings. The minimum Gasteiger partial charge on any atom is -0.139 e. The van der Waals surface area contributed by atoms with Gasteiger partial charge in [0.25, 0.3) is 0 Å². The summed E-state index contributed by atoms with van der Waals surface area (Å²) in [4.78, 5) is 9.03. The Morgan fingerprint density at radius 1 is 0.353 bits per heavy atom. The van der Waals surface area contributed by atoms with E-state index in [0.29, 0.717) is 0 Å². The summed E-state index contributed by atoms with van der Waals surface area (Å²) in [6.07, 6.45) is 36.5. The number of hydrogen-bond acceptors (Lipinski definition) is 5. The zero-order valence-corrected chi connectivity index (χ0v) is 36.8. The van der Waals surface area contributed by atoms with Crippen molar-refractivity contribution in [3.05, 3.63) is 45.1 Å². The van der Waals surface area contributed by atoms with E-state index in [9.17, 15) is 0 Å². The highest BCUT2D eigenvalue weighted by Gasteiger charge is 2.19. The summed E-state index contributed by atoms with van der Waals surface area (Å²) < 4.78 is 6.03. The summed E-state index contributed by atoms with van der Waals surface area (Å²) in [5.41, 5.74) is 3.19. The molecule has 0 saturated carbocycles. The van der Waals surface area contributed by atoms with Gasteiger partial charge in [0.15, 0.2) is 0 Å². The Hall–Kier alpha value is -0.980. The summed E-state index contributed by atoms with van der Waals surface area (Å²) in [5, 5.41) is 0. The molecule has 5 aromatic rings. The number of unbranched alkanes of at least 4 members (excludes halogenated alkanes) is 22. The first-order chi connectivity index (χ1) is 25.1. The number of rotatable bonds is 28. The van der Waals surface area contributed by atoms with Gasteiger partial charge in [0.05, 0.1) is 9.40 Å². The van der Waals surface area contributed by atoms with Gasteiger partial charge in [-0.15, -0.1) is 56.7 Å². The third-order valence-electron chi connectivity index (χ3n) is 10.7. The molecule has 0 aliphatic carbocycles. The topological polar surface area (TPSA) is 0 Å². The molecule has 0 atom stereocenters. The van der Waals surface area contributed by atoms with E-state index >= 15 is 0 Å². The van der Waals surface area contributed by atoms with E-state index in [1.807, 2.05) is 34.0 Å². The van der Waals surface area contributed by atoms with Gasteiger partial charge in [-0.1, -0.05) is 155 Å². The SMILES string of the molecule is CCCCCCCCCCCCCCc1cc(C)sc1-c1cc2sc3cc(-c4sc(C)cc4CCCCCCCCCCCCCC)sc3c2s1. The molecule has 5 heterocycles. The van der Waals surface area contributed by atoms with E-state index in [1.165, 1.54) is 205 Å². The van der Waals surface area contributed by atoms with Gasteiger partial charge >= 0.3 is 0 Å². The first-order valence-electron chi connectivity index (χ1n) is 21.2. The molecule has 0 aromatic carbocycles. The van der Waals surface area contributed by atoms with E-state index in [1.54, 1.807) is 20.9 Å². The van der Waals surface area contributed by atoms with E-state index in [2.05, 4.69) is 74.6 Å². The Balaban J connectivity index is 1.08. The molecule has 5 heteroatoms. The second-order valence-electron chi connectivity index (χ2n) is 15.4. The van der Waals surface area contributed by atoms with Gasteiger partial charge in [0, 0.05) is 38.7 Å².